The van der Waals surface area contributed by atoms with Crippen molar-refractivity contribution < 1.29 is 0 Å². The maximum absolute atomic E-state index is 6.88. The minimum absolute atomic E-state index is 0.125. The summed E-state index contributed by atoms with van der Waals surface area (Å²) in [5.41, 5.74) is 31.1. The van der Waals surface area contributed by atoms with Gasteiger partial charge in [-0.25, -0.2) is 0 Å². The third-order valence-corrected chi connectivity index (χ3v) is 12.4. The molecular formula is C50H40N2. The molecule has 1 atom stereocenters. The van der Waals surface area contributed by atoms with Gasteiger partial charge >= 0.3 is 0 Å². The van der Waals surface area contributed by atoms with Crippen molar-refractivity contribution in [3.05, 3.63) is 173 Å². The Hall–Kier alpha value is -5.86. The van der Waals surface area contributed by atoms with Gasteiger partial charge < -0.3 is 10.6 Å². The largest absolute Gasteiger partial charge is 0.401 e. The van der Waals surface area contributed by atoms with Gasteiger partial charge in [0, 0.05) is 17.1 Å². The molecule has 7 aromatic rings. The van der Waals surface area contributed by atoms with Crippen molar-refractivity contribution in [2.45, 2.75) is 51.5 Å². The van der Waals surface area contributed by atoms with Crippen LogP contribution in [0.4, 0.5) is 5.69 Å². The Morgan fingerprint density at radius 3 is 2.04 bits per heavy atom. The van der Waals surface area contributed by atoms with Gasteiger partial charge in [0.2, 0.25) is 0 Å². The van der Waals surface area contributed by atoms with Crippen molar-refractivity contribution in [1.82, 2.24) is 0 Å². The maximum Gasteiger partial charge on any atom is 0.0567 e. The second-order valence-corrected chi connectivity index (χ2v) is 15.3. The molecule has 0 fully saturated rings. The summed E-state index contributed by atoms with van der Waals surface area (Å²) in [6, 6.07) is 50.6. The van der Waals surface area contributed by atoms with Crippen LogP contribution in [0, 0.1) is 0 Å². The number of fused-ring (bicyclic) bond motifs is 10. The standard InChI is InChI=1S/C50H40N2/c1-30(38-18-10-13-34-25-32-11-3-5-15-40(32)48(34)38)52(47-20-9-8-19-46(47)51)37-23-21-31(22-24-37)35-26-36-29-43-39-14-4-2-12-33(39)27-45(43)50-42-17-7-6-16-41(42)44(28-35)49(36)50/h2-7,10-18,21-24,26,28-30H,8-9,19-20,25,27,51H2,1H3. The molecule has 0 radical (unpaired) electrons. The quantitative estimate of drug-likeness (QED) is 0.198. The van der Waals surface area contributed by atoms with Crippen LogP contribution in [0.3, 0.4) is 0 Å². The number of allylic oxidation sites excluding steroid dienone is 2. The number of nitrogens with two attached hydrogens (primary N) is 1. The molecular weight excluding hydrogens is 629 g/mol. The molecule has 4 aliphatic rings. The van der Waals surface area contributed by atoms with Crippen LogP contribution in [0.25, 0.3) is 66.4 Å². The topological polar surface area (TPSA) is 29.3 Å². The van der Waals surface area contributed by atoms with Crippen LogP contribution in [0.1, 0.15) is 66.5 Å². The molecule has 2 heteroatoms. The average Bonchev–Trinajstić information content (AvgIpc) is 3.86. The summed E-state index contributed by atoms with van der Waals surface area (Å²) < 4.78 is 0. The minimum atomic E-state index is 0.125. The predicted molar refractivity (Wildman–Crippen MR) is 217 cm³/mol. The highest BCUT2D eigenvalue weighted by Gasteiger charge is 2.32. The van der Waals surface area contributed by atoms with E-state index in [1.807, 2.05) is 0 Å². The fraction of sp³-hybridized carbons (Fsp3) is 0.160. The predicted octanol–water partition coefficient (Wildman–Crippen LogP) is 12.6. The fourth-order valence-corrected chi connectivity index (χ4v) is 10.1. The van der Waals surface area contributed by atoms with Crippen LogP contribution in [-0.2, 0) is 12.8 Å². The molecule has 52 heavy (non-hydrogen) atoms. The Morgan fingerprint density at radius 2 is 1.23 bits per heavy atom. The van der Waals surface area contributed by atoms with Gasteiger partial charge in [-0.05, 0) is 170 Å². The van der Waals surface area contributed by atoms with Crippen LogP contribution >= 0.6 is 0 Å². The van der Waals surface area contributed by atoms with E-state index in [1.165, 1.54) is 112 Å². The zero-order valence-electron chi connectivity index (χ0n) is 29.5. The molecule has 2 nitrogen and oxygen atoms in total. The summed E-state index contributed by atoms with van der Waals surface area (Å²) >= 11 is 0. The second-order valence-electron chi connectivity index (χ2n) is 15.3. The zero-order valence-corrected chi connectivity index (χ0v) is 29.5. The first-order chi connectivity index (χ1) is 25.6. The van der Waals surface area contributed by atoms with Gasteiger partial charge in [0.15, 0.2) is 0 Å². The van der Waals surface area contributed by atoms with Crippen molar-refractivity contribution in [2.75, 3.05) is 4.90 Å². The van der Waals surface area contributed by atoms with Gasteiger partial charge in [-0.3, -0.25) is 0 Å². The Bertz CT molecular complexity index is 2660. The molecule has 0 aromatic heterocycles. The van der Waals surface area contributed by atoms with E-state index in [-0.39, 0.29) is 6.04 Å². The number of anilines is 1. The Labute approximate surface area is 305 Å². The monoisotopic (exact) mass is 668 g/mol. The lowest BCUT2D eigenvalue weighted by Gasteiger charge is -2.37. The van der Waals surface area contributed by atoms with Crippen molar-refractivity contribution in [2.24, 2.45) is 5.73 Å². The van der Waals surface area contributed by atoms with Crippen LogP contribution in [-0.4, -0.2) is 0 Å². The lowest BCUT2D eigenvalue weighted by molar-refractivity contribution is 0.612. The Morgan fingerprint density at radius 1 is 0.538 bits per heavy atom. The summed E-state index contributed by atoms with van der Waals surface area (Å²) in [7, 11) is 0. The average molecular weight is 669 g/mol. The molecule has 250 valence electrons. The van der Waals surface area contributed by atoms with E-state index >= 15 is 0 Å². The summed E-state index contributed by atoms with van der Waals surface area (Å²) in [5, 5.41) is 2.73. The van der Waals surface area contributed by atoms with Crippen molar-refractivity contribution in [3.63, 3.8) is 0 Å². The molecule has 4 aliphatic carbocycles. The minimum Gasteiger partial charge on any atom is -0.401 e. The Balaban J connectivity index is 1.04. The molecule has 0 aliphatic heterocycles. The van der Waals surface area contributed by atoms with E-state index in [9.17, 15) is 0 Å². The van der Waals surface area contributed by atoms with Crippen molar-refractivity contribution in [3.8, 4) is 55.6 Å². The third kappa shape index (κ3) is 4.30. The van der Waals surface area contributed by atoms with E-state index in [0.29, 0.717) is 0 Å². The number of nitrogens with zero attached hydrogens (tertiary/aromatic N) is 1. The van der Waals surface area contributed by atoms with E-state index in [0.717, 1.165) is 37.8 Å². The lowest BCUT2D eigenvalue weighted by atomic mass is 9.91. The van der Waals surface area contributed by atoms with Crippen LogP contribution in [0.15, 0.2) is 145 Å². The number of rotatable bonds is 5. The summed E-state index contributed by atoms with van der Waals surface area (Å²) in [4.78, 5) is 2.55. The summed E-state index contributed by atoms with van der Waals surface area (Å²) in [6.45, 7) is 2.37. The maximum atomic E-state index is 6.88. The van der Waals surface area contributed by atoms with E-state index in [2.05, 4.69) is 145 Å². The number of hydrogen-bond acceptors (Lipinski definition) is 2. The van der Waals surface area contributed by atoms with Gasteiger partial charge in [0.05, 0.1) is 6.04 Å². The first-order valence-electron chi connectivity index (χ1n) is 19.0. The van der Waals surface area contributed by atoms with Gasteiger partial charge in [0.1, 0.15) is 0 Å². The van der Waals surface area contributed by atoms with Crippen molar-refractivity contribution >= 4 is 16.5 Å². The first kappa shape index (κ1) is 29.8. The molecule has 0 saturated carbocycles. The smallest absolute Gasteiger partial charge is 0.0567 e. The van der Waals surface area contributed by atoms with Gasteiger partial charge in [0.25, 0.3) is 0 Å². The molecule has 0 heterocycles. The molecule has 7 aromatic carbocycles. The molecule has 11 rings (SSSR count). The van der Waals surface area contributed by atoms with Crippen molar-refractivity contribution in [1.29, 1.82) is 0 Å². The number of hydrogen-bond donors (Lipinski definition) is 1. The number of benzene rings is 7. The molecule has 0 bridgehead atoms. The molecule has 0 spiro atoms. The highest BCUT2D eigenvalue weighted by molar-refractivity contribution is 6.19. The highest BCUT2D eigenvalue weighted by atomic mass is 15.2. The Kier molecular flexibility index (Phi) is 6.49. The fourth-order valence-electron chi connectivity index (χ4n) is 10.1. The van der Waals surface area contributed by atoms with E-state index in [4.69, 9.17) is 5.73 Å². The molecule has 1 unspecified atom stereocenters. The van der Waals surface area contributed by atoms with Gasteiger partial charge in [-0.1, -0.05) is 103 Å². The summed E-state index contributed by atoms with van der Waals surface area (Å²) in [6.07, 6.45) is 6.30. The SMILES string of the molecule is CC(c1cccc2c1-c1ccccc1C2)N(C1=C(N)CCCC1)c1ccc(-c2cc3c4c(c5c(cc4c2)-c2ccccc2C5)-c2ccccc2-3)cc1. The molecule has 2 N–H and O–H groups in total. The zero-order chi connectivity index (χ0) is 34.5. The van der Waals surface area contributed by atoms with Gasteiger partial charge in [-0.2, -0.15) is 0 Å². The lowest BCUT2D eigenvalue weighted by Crippen LogP contribution is -2.30. The third-order valence-electron chi connectivity index (χ3n) is 12.4. The molecule has 0 amide bonds. The highest BCUT2D eigenvalue weighted by Crippen LogP contribution is 2.55. The second kappa shape index (κ2) is 11.3. The normalized spacial score (nSPS) is 15.2. The van der Waals surface area contributed by atoms with Gasteiger partial charge in [-0.15, -0.1) is 0 Å². The van der Waals surface area contributed by atoms with Crippen LogP contribution in [0.5, 0.6) is 0 Å². The van der Waals surface area contributed by atoms with E-state index < -0.39 is 0 Å². The first-order valence-corrected chi connectivity index (χ1v) is 19.0. The summed E-state index contributed by atoms with van der Waals surface area (Å²) in [5.74, 6) is 0. The van der Waals surface area contributed by atoms with E-state index in [1.54, 1.807) is 0 Å². The molecule has 0 saturated heterocycles. The van der Waals surface area contributed by atoms with Crippen LogP contribution < -0.4 is 10.6 Å². The van der Waals surface area contributed by atoms with Crippen LogP contribution in [0.2, 0.25) is 0 Å².